The van der Waals surface area contributed by atoms with Crippen molar-refractivity contribution in [2.45, 2.75) is 32.6 Å². The minimum Gasteiger partial charge on any atom is -0.480 e. The Morgan fingerprint density at radius 2 is 1.76 bits per heavy atom. The van der Waals surface area contributed by atoms with Crippen LogP contribution in [-0.4, -0.2) is 29.4 Å². The first kappa shape index (κ1) is 16.7. The van der Waals surface area contributed by atoms with Gasteiger partial charge in [0.05, 0.1) is 0 Å². The van der Waals surface area contributed by atoms with E-state index in [-0.39, 0.29) is 5.91 Å². The zero-order valence-electron chi connectivity index (χ0n) is 12.0. The number of carbonyl (C=O) groups excluding carboxylic acids is 2. The van der Waals surface area contributed by atoms with Crippen molar-refractivity contribution in [2.24, 2.45) is 0 Å². The fourth-order valence-corrected chi connectivity index (χ4v) is 1.72. The second-order valence-corrected chi connectivity index (χ2v) is 4.66. The molecule has 0 aliphatic rings. The molecule has 0 unspecified atom stereocenters. The molecule has 3 N–H and O–H groups in total. The Labute approximate surface area is 123 Å². The fourth-order valence-electron chi connectivity index (χ4n) is 1.72. The van der Waals surface area contributed by atoms with Crippen molar-refractivity contribution in [1.82, 2.24) is 5.32 Å². The number of hydrogen-bond acceptors (Lipinski definition) is 3. The van der Waals surface area contributed by atoms with Crippen LogP contribution in [0.5, 0.6) is 0 Å². The Morgan fingerprint density at radius 3 is 2.33 bits per heavy atom. The Bertz CT molecular complexity index is 497. The van der Waals surface area contributed by atoms with E-state index in [1.807, 2.05) is 0 Å². The van der Waals surface area contributed by atoms with Gasteiger partial charge in [-0.05, 0) is 30.7 Å². The second kappa shape index (κ2) is 8.73. The molecule has 2 amide bonds. The molecule has 0 fully saturated rings. The minimum absolute atomic E-state index is 0.0495. The Hall–Kier alpha value is -2.37. The molecule has 0 atom stereocenters. The Morgan fingerprint density at radius 1 is 1.10 bits per heavy atom. The highest BCUT2D eigenvalue weighted by Crippen LogP contribution is 2.11. The highest BCUT2D eigenvalue weighted by atomic mass is 16.4. The molecule has 0 aliphatic carbocycles. The van der Waals surface area contributed by atoms with Gasteiger partial charge in [0.25, 0.3) is 5.91 Å². The summed E-state index contributed by atoms with van der Waals surface area (Å²) in [5.41, 5.74) is 0.964. The van der Waals surface area contributed by atoms with Crippen LogP contribution >= 0.6 is 0 Å². The Balaban J connectivity index is 2.48. The maximum absolute atomic E-state index is 11.6. The van der Waals surface area contributed by atoms with Crippen molar-refractivity contribution < 1.29 is 19.5 Å². The van der Waals surface area contributed by atoms with E-state index < -0.39 is 18.4 Å². The number of amides is 2. The van der Waals surface area contributed by atoms with E-state index in [1.165, 1.54) is 0 Å². The van der Waals surface area contributed by atoms with Gasteiger partial charge in [0.2, 0.25) is 5.91 Å². The number of carboxylic acids is 1. The van der Waals surface area contributed by atoms with Gasteiger partial charge < -0.3 is 15.7 Å². The summed E-state index contributed by atoms with van der Waals surface area (Å²) in [7, 11) is 0. The van der Waals surface area contributed by atoms with Crippen LogP contribution in [0.3, 0.4) is 0 Å². The normalized spacial score (nSPS) is 9.95. The molecule has 0 radical (unpaired) electrons. The fraction of sp³-hybridized carbons (Fsp3) is 0.400. The number of hydrogen-bond donors (Lipinski definition) is 3. The third-order valence-corrected chi connectivity index (χ3v) is 2.84. The van der Waals surface area contributed by atoms with E-state index in [1.54, 1.807) is 24.3 Å². The summed E-state index contributed by atoms with van der Waals surface area (Å²) >= 11 is 0. The first-order valence-corrected chi connectivity index (χ1v) is 6.93. The van der Waals surface area contributed by atoms with Crippen LogP contribution in [0.2, 0.25) is 0 Å². The van der Waals surface area contributed by atoms with E-state index in [0.717, 1.165) is 19.3 Å². The molecule has 0 saturated carbocycles. The summed E-state index contributed by atoms with van der Waals surface area (Å²) in [6.07, 6.45) is 3.43. The highest BCUT2D eigenvalue weighted by molar-refractivity contribution is 5.97. The van der Waals surface area contributed by atoms with Crippen LogP contribution in [0.4, 0.5) is 5.69 Å². The number of carboxylic acid groups (broad SMARTS) is 1. The molecule has 0 heterocycles. The molecule has 0 aliphatic heterocycles. The number of anilines is 1. The molecule has 6 heteroatoms. The average molecular weight is 292 g/mol. The molecule has 1 rings (SSSR count). The summed E-state index contributed by atoms with van der Waals surface area (Å²) in [5.74, 6) is -1.61. The topological polar surface area (TPSA) is 95.5 Å². The predicted octanol–water partition coefficient (Wildman–Crippen LogP) is 2.02. The summed E-state index contributed by atoms with van der Waals surface area (Å²) in [6, 6.07) is 6.32. The Kier molecular flexibility index (Phi) is 6.94. The van der Waals surface area contributed by atoms with Crippen LogP contribution < -0.4 is 10.6 Å². The van der Waals surface area contributed by atoms with Crippen molar-refractivity contribution in [1.29, 1.82) is 0 Å². The molecule has 0 aromatic heterocycles. The van der Waals surface area contributed by atoms with Gasteiger partial charge in [-0.3, -0.25) is 14.4 Å². The maximum Gasteiger partial charge on any atom is 0.322 e. The second-order valence-electron chi connectivity index (χ2n) is 4.66. The molecule has 6 nitrogen and oxygen atoms in total. The quantitative estimate of drug-likeness (QED) is 0.639. The smallest absolute Gasteiger partial charge is 0.322 e. The van der Waals surface area contributed by atoms with Crippen LogP contribution in [0.25, 0.3) is 0 Å². The van der Waals surface area contributed by atoms with Gasteiger partial charge >= 0.3 is 5.97 Å². The zero-order valence-corrected chi connectivity index (χ0v) is 12.0. The lowest BCUT2D eigenvalue weighted by molar-refractivity contribution is -0.135. The summed E-state index contributed by atoms with van der Waals surface area (Å²) < 4.78 is 0. The molecule has 21 heavy (non-hydrogen) atoms. The van der Waals surface area contributed by atoms with Gasteiger partial charge in [-0.15, -0.1) is 0 Å². The van der Waals surface area contributed by atoms with Gasteiger partial charge in [0, 0.05) is 17.7 Å². The summed E-state index contributed by atoms with van der Waals surface area (Å²) in [4.78, 5) is 33.6. The van der Waals surface area contributed by atoms with Crippen LogP contribution in [0, 0.1) is 0 Å². The molecule has 0 bridgehead atoms. The van der Waals surface area contributed by atoms with E-state index in [4.69, 9.17) is 5.11 Å². The monoisotopic (exact) mass is 292 g/mol. The van der Waals surface area contributed by atoms with Crippen LogP contribution in [-0.2, 0) is 9.59 Å². The predicted molar refractivity (Wildman–Crippen MR) is 79.2 cm³/mol. The molecule has 0 spiro atoms. The molecule has 1 aromatic rings. The first-order valence-electron chi connectivity index (χ1n) is 6.93. The SMILES string of the molecule is CCCCCC(=O)Nc1ccc(C(=O)NCC(=O)O)cc1. The van der Waals surface area contributed by atoms with Gasteiger partial charge in [-0.1, -0.05) is 19.8 Å². The van der Waals surface area contributed by atoms with Gasteiger partial charge in [0.15, 0.2) is 0 Å². The largest absolute Gasteiger partial charge is 0.480 e. The summed E-state index contributed by atoms with van der Waals surface area (Å²) in [5, 5.41) is 13.5. The van der Waals surface area contributed by atoms with E-state index in [9.17, 15) is 14.4 Å². The third-order valence-electron chi connectivity index (χ3n) is 2.84. The molecule has 114 valence electrons. The highest BCUT2D eigenvalue weighted by Gasteiger charge is 2.07. The average Bonchev–Trinajstić information content (AvgIpc) is 2.45. The van der Waals surface area contributed by atoms with E-state index >= 15 is 0 Å². The lowest BCUT2D eigenvalue weighted by atomic mass is 10.1. The number of nitrogens with one attached hydrogen (secondary N) is 2. The van der Waals surface area contributed by atoms with Crippen molar-refractivity contribution in [3.63, 3.8) is 0 Å². The molecule has 0 saturated heterocycles. The van der Waals surface area contributed by atoms with Crippen LogP contribution in [0.1, 0.15) is 43.0 Å². The summed E-state index contributed by atoms with van der Waals surface area (Å²) in [6.45, 7) is 1.65. The number of benzene rings is 1. The number of unbranched alkanes of at least 4 members (excludes halogenated alkanes) is 2. The third kappa shape index (κ3) is 6.56. The van der Waals surface area contributed by atoms with Gasteiger partial charge in [-0.25, -0.2) is 0 Å². The lowest BCUT2D eigenvalue weighted by Crippen LogP contribution is -2.29. The standard InChI is InChI=1S/C15H20N2O4/c1-2-3-4-5-13(18)17-12-8-6-11(7-9-12)15(21)16-10-14(19)20/h6-9H,2-5,10H2,1H3,(H,16,21)(H,17,18)(H,19,20). The number of carbonyl (C=O) groups is 3. The van der Waals surface area contributed by atoms with Crippen molar-refractivity contribution in [3.8, 4) is 0 Å². The molecular formula is C15H20N2O4. The molecular weight excluding hydrogens is 272 g/mol. The minimum atomic E-state index is -1.10. The zero-order chi connectivity index (χ0) is 15.7. The van der Waals surface area contributed by atoms with Crippen LogP contribution in [0.15, 0.2) is 24.3 Å². The van der Waals surface area contributed by atoms with Crippen molar-refractivity contribution in [3.05, 3.63) is 29.8 Å². The number of aliphatic carboxylic acids is 1. The number of rotatable bonds is 8. The van der Waals surface area contributed by atoms with Gasteiger partial charge in [0.1, 0.15) is 6.54 Å². The maximum atomic E-state index is 11.6. The van der Waals surface area contributed by atoms with Crippen molar-refractivity contribution in [2.75, 3.05) is 11.9 Å². The van der Waals surface area contributed by atoms with Gasteiger partial charge in [-0.2, -0.15) is 0 Å². The van der Waals surface area contributed by atoms with E-state index in [0.29, 0.717) is 17.7 Å². The first-order chi connectivity index (χ1) is 10.0. The lowest BCUT2D eigenvalue weighted by Gasteiger charge is -2.06. The molecule has 1 aromatic carbocycles. The van der Waals surface area contributed by atoms with Crippen molar-refractivity contribution >= 4 is 23.5 Å². The van der Waals surface area contributed by atoms with E-state index in [2.05, 4.69) is 17.6 Å².